The van der Waals surface area contributed by atoms with E-state index in [-0.39, 0.29) is 5.75 Å². The van der Waals surface area contributed by atoms with Crippen molar-refractivity contribution in [2.24, 2.45) is 5.14 Å². The van der Waals surface area contributed by atoms with Gasteiger partial charge in [0.1, 0.15) is 0 Å². The smallest absolute Gasteiger partial charge is 0.213 e. The molecule has 5 nitrogen and oxygen atoms in total. The molecule has 0 amide bonds. The van der Waals surface area contributed by atoms with Gasteiger partial charge in [-0.1, -0.05) is 38.8 Å². The lowest BCUT2D eigenvalue weighted by atomic mass is 10.2. The lowest BCUT2D eigenvalue weighted by molar-refractivity contribution is 0.260. The van der Waals surface area contributed by atoms with Crippen LogP contribution >= 0.6 is 0 Å². The fourth-order valence-electron chi connectivity index (χ4n) is 1.81. The molecule has 0 saturated carbocycles. The van der Waals surface area contributed by atoms with E-state index in [2.05, 4.69) is 13.8 Å². The van der Waals surface area contributed by atoms with Gasteiger partial charge >= 0.3 is 0 Å². The number of primary sulfonamides is 1. The summed E-state index contributed by atoms with van der Waals surface area (Å²) in [7, 11) is -3.61. The van der Waals surface area contributed by atoms with Crippen molar-refractivity contribution in [2.45, 2.75) is 45.3 Å². The molecule has 0 aromatic heterocycles. The van der Waals surface area contributed by atoms with Crippen LogP contribution in [0.25, 0.3) is 0 Å². The van der Waals surface area contributed by atoms with E-state index < -0.39 is 10.0 Å². The second-order valence-electron chi connectivity index (χ2n) is 4.96. The van der Waals surface area contributed by atoms with Gasteiger partial charge in [-0.25, -0.2) is 13.6 Å². The first kappa shape index (κ1) is 17.8. The third-order valence-electron chi connectivity index (χ3n) is 2.92. The third kappa shape index (κ3) is 6.82. The Morgan fingerprint density at radius 2 is 1.67 bits per heavy atom. The lowest BCUT2D eigenvalue weighted by Crippen LogP contribution is -2.15. The van der Waals surface area contributed by atoms with Crippen molar-refractivity contribution in [2.75, 3.05) is 13.2 Å². The highest BCUT2D eigenvalue weighted by atomic mass is 32.2. The molecule has 0 bridgehead atoms. The van der Waals surface area contributed by atoms with Crippen LogP contribution in [0.2, 0.25) is 0 Å². The van der Waals surface area contributed by atoms with E-state index in [0.29, 0.717) is 30.3 Å². The van der Waals surface area contributed by atoms with Crippen LogP contribution in [-0.4, -0.2) is 21.6 Å². The number of sulfonamides is 1. The molecule has 1 aromatic rings. The predicted molar refractivity (Wildman–Crippen MR) is 84.1 cm³/mol. The van der Waals surface area contributed by atoms with E-state index in [4.69, 9.17) is 14.6 Å². The molecule has 6 heteroatoms. The molecule has 0 heterocycles. The standard InChI is InChI=1S/C15H25NO4S/c1-3-5-10-19-14-9-7-8-13(12-21(16,17)18)15(14)20-11-6-4-2/h7-9H,3-6,10-12H2,1-2H3,(H2,16,17,18). The van der Waals surface area contributed by atoms with Gasteiger partial charge in [0, 0.05) is 5.56 Å². The minimum Gasteiger partial charge on any atom is -0.490 e. The summed E-state index contributed by atoms with van der Waals surface area (Å²) in [6.07, 6.45) is 3.87. The fourth-order valence-corrected chi connectivity index (χ4v) is 2.48. The van der Waals surface area contributed by atoms with E-state index in [1.165, 1.54) is 0 Å². The van der Waals surface area contributed by atoms with Crippen LogP contribution in [0.15, 0.2) is 18.2 Å². The molecule has 1 rings (SSSR count). The Kier molecular flexibility index (Phi) is 7.53. The van der Waals surface area contributed by atoms with Crippen LogP contribution in [0, 0.1) is 0 Å². The maximum atomic E-state index is 11.3. The van der Waals surface area contributed by atoms with Crippen molar-refractivity contribution in [3.63, 3.8) is 0 Å². The summed E-state index contributed by atoms with van der Waals surface area (Å²) in [6.45, 7) is 5.26. The fraction of sp³-hybridized carbons (Fsp3) is 0.600. The second-order valence-corrected chi connectivity index (χ2v) is 6.57. The highest BCUT2D eigenvalue weighted by molar-refractivity contribution is 7.88. The molecule has 120 valence electrons. The second kappa shape index (κ2) is 8.89. The van der Waals surface area contributed by atoms with Gasteiger partial charge in [-0.2, -0.15) is 0 Å². The average molecular weight is 315 g/mol. The molecule has 2 N–H and O–H groups in total. The van der Waals surface area contributed by atoms with Gasteiger partial charge in [0.25, 0.3) is 0 Å². The third-order valence-corrected chi connectivity index (χ3v) is 3.63. The molecular weight excluding hydrogens is 290 g/mol. The molecule has 0 aliphatic heterocycles. The van der Waals surface area contributed by atoms with Crippen LogP contribution in [0.3, 0.4) is 0 Å². The summed E-state index contributed by atoms with van der Waals surface area (Å²) in [5.74, 6) is 0.830. The predicted octanol–water partition coefficient (Wildman–Crippen LogP) is 2.83. The van der Waals surface area contributed by atoms with E-state index in [1.807, 2.05) is 0 Å². The summed E-state index contributed by atoms with van der Waals surface area (Å²) < 4.78 is 34.1. The number of para-hydroxylation sites is 1. The Balaban J connectivity index is 2.96. The van der Waals surface area contributed by atoms with Crippen LogP contribution in [0.4, 0.5) is 0 Å². The highest BCUT2D eigenvalue weighted by Gasteiger charge is 2.15. The Morgan fingerprint density at radius 1 is 1.05 bits per heavy atom. The number of hydrogen-bond acceptors (Lipinski definition) is 4. The van der Waals surface area contributed by atoms with Crippen LogP contribution in [0.5, 0.6) is 11.5 Å². The number of benzene rings is 1. The van der Waals surface area contributed by atoms with Gasteiger partial charge < -0.3 is 9.47 Å². The highest BCUT2D eigenvalue weighted by Crippen LogP contribution is 2.32. The van der Waals surface area contributed by atoms with Crippen molar-refractivity contribution in [1.29, 1.82) is 0 Å². The Hall–Kier alpha value is -1.27. The summed E-state index contributed by atoms with van der Waals surface area (Å²) >= 11 is 0. The van der Waals surface area contributed by atoms with E-state index in [9.17, 15) is 8.42 Å². The van der Waals surface area contributed by atoms with E-state index in [1.54, 1.807) is 18.2 Å². The summed E-state index contributed by atoms with van der Waals surface area (Å²) in [4.78, 5) is 0. The zero-order chi connectivity index (χ0) is 15.7. The number of rotatable bonds is 10. The lowest BCUT2D eigenvalue weighted by Gasteiger charge is -2.16. The molecule has 0 saturated heterocycles. The maximum absolute atomic E-state index is 11.3. The summed E-state index contributed by atoms with van der Waals surface area (Å²) in [5, 5.41) is 5.14. The van der Waals surface area contributed by atoms with Gasteiger partial charge in [0.15, 0.2) is 11.5 Å². The zero-order valence-electron chi connectivity index (χ0n) is 12.8. The zero-order valence-corrected chi connectivity index (χ0v) is 13.6. The molecule has 0 atom stereocenters. The summed E-state index contributed by atoms with van der Waals surface area (Å²) in [5.41, 5.74) is 0.544. The first-order valence-corrected chi connectivity index (χ1v) is 9.07. The monoisotopic (exact) mass is 315 g/mol. The minimum atomic E-state index is -3.61. The quantitative estimate of drug-likeness (QED) is 0.673. The topological polar surface area (TPSA) is 78.6 Å². The number of ether oxygens (including phenoxy) is 2. The van der Waals surface area contributed by atoms with Gasteiger partial charge in [-0.3, -0.25) is 0 Å². The van der Waals surface area contributed by atoms with Gasteiger partial charge in [-0.05, 0) is 18.9 Å². The van der Waals surface area contributed by atoms with E-state index >= 15 is 0 Å². The van der Waals surface area contributed by atoms with Gasteiger partial charge in [-0.15, -0.1) is 0 Å². The van der Waals surface area contributed by atoms with Crippen LogP contribution in [-0.2, 0) is 15.8 Å². The molecule has 0 fully saturated rings. The van der Waals surface area contributed by atoms with Crippen molar-refractivity contribution < 1.29 is 17.9 Å². The minimum absolute atomic E-state index is 0.251. The van der Waals surface area contributed by atoms with E-state index in [0.717, 1.165) is 25.7 Å². The van der Waals surface area contributed by atoms with Crippen LogP contribution < -0.4 is 14.6 Å². The molecule has 21 heavy (non-hydrogen) atoms. The SMILES string of the molecule is CCCCOc1cccc(CS(N)(=O)=O)c1OCCCC. The molecule has 0 unspecified atom stereocenters. The van der Waals surface area contributed by atoms with Gasteiger partial charge in [0.05, 0.1) is 19.0 Å². The summed E-state index contributed by atoms with van der Waals surface area (Å²) in [6, 6.07) is 5.26. The first-order chi connectivity index (χ1) is 9.98. The van der Waals surface area contributed by atoms with Gasteiger partial charge in [0.2, 0.25) is 10.0 Å². The number of nitrogens with two attached hydrogens (primary N) is 1. The van der Waals surface area contributed by atoms with Crippen molar-refractivity contribution in [3.8, 4) is 11.5 Å². The van der Waals surface area contributed by atoms with Crippen molar-refractivity contribution in [1.82, 2.24) is 0 Å². The Morgan fingerprint density at radius 3 is 2.24 bits per heavy atom. The number of unbranched alkanes of at least 4 members (excludes halogenated alkanes) is 2. The van der Waals surface area contributed by atoms with Crippen LogP contribution in [0.1, 0.15) is 45.1 Å². The van der Waals surface area contributed by atoms with Crippen molar-refractivity contribution >= 4 is 10.0 Å². The molecule has 0 radical (unpaired) electrons. The first-order valence-electron chi connectivity index (χ1n) is 7.36. The molecule has 0 spiro atoms. The normalized spacial score (nSPS) is 11.4. The average Bonchev–Trinajstić information content (AvgIpc) is 2.40. The number of hydrogen-bond donors (Lipinski definition) is 1. The van der Waals surface area contributed by atoms with Crippen molar-refractivity contribution in [3.05, 3.63) is 23.8 Å². The molecule has 0 aliphatic carbocycles. The molecular formula is C15H25NO4S. The molecule has 0 aliphatic rings. The molecule has 1 aromatic carbocycles. The Bertz CT molecular complexity index is 528. The maximum Gasteiger partial charge on any atom is 0.213 e. The largest absolute Gasteiger partial charge is 0.490 e. The Labute approximate surface area is 127 Å².